The first-order valence-corrected chi connectivity index (χ1v) is 7.72. The third-order valence-corrected chi connectivity index (χ3v) is 4.68. The van der Waals surface area contributed by atoms with Crippen LogP contribution in [0.5, 0.6) is 0 Å². The van der Waals surface area contributed by atoms with E-state index in [0.717, 1.165) is 12.8 Å². The molecule has 0 fully saturated rings. The molecule has 5 heteroatoms. The first-order chi connectivity index (χ1) is 8.36. The van der Waals surface area contributed by atoms with Gasteiger partial charge in [0.15, 0.2) is 0 Å². The van der Waals surface area contributed by atoms with Gasteiger partial charge in [-0.2, -0.15) is 0 Å². The fraction of sp³-hybridized carbons (Fsp3) is 0.538. The highest BCUT2D eigenvalue weighted by Crippen LogP contribution is 2.18. The van der Waals surface area contributed by atoms with Crippen molar-refractivity contribution in [2.75, 3.05) is 5.73 Å². The molecule has 0 spiro atoms. The number of rotatable bonds is 6. The third-order valence-electron chi connectivity index (χ3n) is 3.02. The maximum absolute atomic E-state index is 12.1. The summed E-state index contributed by atoms with van der Waals surface area (Å²) in [6.45, 7) is 6.09. The van der Waals surface area contributed by atoms with Crippen LogP contribution in [0.1, 0.15) is 33.6 Å². The number of nitrogens with one attached hydrogen (secondary N) is 1. The van der Waals surface area contributed by atoms with Crippen LogP contribution in [0.25, 0.3) is 0 Å². The molecule has 1 aromatic carbocycles. The van der Waals surface area contributed by atoms with Gasteiger partial charge in [0.25, 0.3) is 0 Å². The summed E-state index contributed by atoms with van der Waals surface area (Å²) in [6.07, 6.45) is 1.86. The van der Waals surface area contributed by atoms with Gasteiger partial charge >= 0.3 is 0 Å². The van der Waals surface area contributed by atoms with Crippen LogP contribution in [0, 0.1) is 5.92 Å². The van der Waals surface area contributed by atoms with Crippen LogP contribution in [0.3, 0.4) is 0 Å². The summed E-state index contributed by atoms with van der Waals surface area (Å²) in [7, 11) is -3.52. The van der Waals surface area contributed by atoms with E-state index in [2.05, 4.69) is 18.6 Å². The van der Waals surface area contributed by atoms with Crippen LogP contribution in [0.15, 0.2) is 29.2 Å². The minimum atomic E-state index is -3.52. The Morgan fingerprint density at radius 3 is 2.44 bits per heavy atom. The van der Waals surface area contributed by atoms with Crippen molar-refractivity contribution in [3.05, 3.63) is 24.3 Å². The molecule has 4 nitrogen and oxygen atoms in total. The number of hydrogen-bond donors (Lipinski definition) is 2. The van der Waals surface area contributed by atoms with Crippen molar-refractivity contribution in [2.24, 2.45) is 5.92 Å². The first kappa shape index (κ1) is 15.0. The number of hydrogen-bond acceptors (Lipinski definition) is 3. The lowest BCUT2D eigenvalue weighted by Crippen LogP contribution is -2.34. The Bertz CT molecular complexity index is 486. The van der Waals surface area contributed by atoms with E-state index in [0.29, 0.717) is 5.92 Å². The zero-order valence-corrected chi connectivity index (χ0v) is 12.0. The normalized spacial score (nSPS) is 15.3. The van der Waals surface area contributed by atoms with E-state index in [1.165, 1.54) is 6.07 Å². The van der Waals surface area contributed by atoms with Crippen LogP contribution in [0.4, 0.5) is 5.69 Å². The topological polar surface area (TPSA) is 72.2 Å². The standard InChI is InChI=1S/C13H22N2O2S/c1-4-10(2)9-11(3)15-18(16,17)13-8-6-5-7-12(13)14/h5-8,10-11,15H,4,9,14H2,1-3H3. The number of anilines is 1. The molecule has 1 rings (SSSR count). The highest BCUT2D eigenvalue weighted by molar-refractivity contribution is 7.89. The van der Waals surface area contributed by atoms with E-state index in [9.17, 15) is 8.42 Å². The van der Waals surface area contributed by atoms with E-state index in [1.54, 1.807) is 18.2 Å². The molecular weight excluding hydrogens is 248 g/mol. The van der Waals surface area contributed by atoms with Crippen molar-refractivity contribution in [1.29, 1.82) is 0 Å². The lowest BCUT2D eigenvalue weighted by Gasteiger charge is -2.18. The molecule has 2 atom stereocenters. The Labute approximate surface area is 110 Å². The van der Waals surface area contributed by atoms with Crippen molar-refractivity contribution in [1.82, 2.24) is 4.72 Å². The van der Waals surface area contributed by atoms with Crippen molar-refractivity contribution < 1.29 is 8.42 Å². The van der Waals surface area contributed by atoms with Gasteiger partial charge in [-0.25, -0.2) is 13.1 Å². The van der Waals surface area contributed by atoms with Crippen LogP contribution in [-0.4, -0.2) is 14.5 Å². The van der Waals surface area contributed by atoms with Crippen LogP contribution in [-0.2, 0) is 10.0 Å². The second-order valence-electron chi connectivity index (χ2n) is 4.81. The Kier molecular flexibility index (Phi) is 5.16. The Morgan fingerprint density at radius 1 is 1.28 bits per heavy atom. The summed E-state index contributed by atoms with van der Waals surface area (Å²) in [4.78, 5) is 0.154. The van der Waals surface area contributed by atoms with E-state index < -0.39 is 10.0 Å². The van der Waals surface area contributed by atoms with Crippen LogP contribution in [0.2, 0.25) is 0 Å². The summed E-state index contributed by atoms with van der Waals surface area (Å²) < 4.78 is 27.0. The zero-order chi connectivity index (χ0) is 13.8. The Hall–Kier alpha value is -1.07. The molecule has 0 heterocycles. The van der Waals surface area contributed by atoms with Gasteiger partial charge in [-0.05, 0) is 31.4 Å². The summed E-state index contributed by atoms with van der Waals surface area (Å²) in [5.41, 5.74) is 5.97. The fourth-order valence-corrected chi connectivity index (χ4v) is 3.26. The van der Waals surface area contributed by atoms with Gasteiger partial charge in [0.1, 0.15) is 4.90 Å². The molecule has 0 aliphatic carbocycles. The second-order valence-corrected chi connectivity index (χ2v) is 6.49. The smallest absolute Gasteiger partial charge is 0.242 e. The summed E-state index contributed by atoms with van der Waals surface area (Å²) >= 11 is 0. The largest absolute Gasteiger partial charge is 0.398 e. The molecule has 3 N–H and O–H groups in total. The summed E-state index contributed by atoms with van der Waals surface area (Å²) in [5, 5.41) is 0. The lowest BCUT2D eigenvalue weighted by atomic mass is 10.0. The van der Waals surface area contributed by atoms with E-state index in [4.69, 9.17) is 5.73 Å². The molecule has 0 aliphatic heterocycles. The maximum atomic E-state index is 12.1. The van der Waals surface area contributed by atoms with Gasteiger partial charge in [-0.15, -0.1) is 0 Å². The molecule has 18 heavy (non-hydrogen) atoms. The number of para-hydroxylation sites is 1. The lowest BCUT2D eigenvalue weighted by molar-refractivity contribution is 0.445. The molecule has 102 valence electrons. The van der Waals surface area contributed by atoms with Gasteiger partial charge in [0.05, 0.1) is 5.69 Å². The quantitative estimate of drug-likeness (QED) is 0.779. The molecule has 0 aromatic heterocycles. The van der Waals surface area contributed by atoms with Crippen molar-refractivity contribution in [3.8, 4) is 0 Å². The van der Waals surface area contributed by atoms with Gasteiger partial charge in [0.2, 0.25) is 10.0 Å². The maximum Gasteiger partial charge on any atom is 0.242 e. The summed E-state index contributed by atoms with van der Waals surface area (Å²) in [6, 6.07) is 6.41. The number of nitrogens with two attached hydrogens (primary N) is 1. The molecule has 1 aromatic rings. The molecule has 0 aliphatic rings. The molecule has 0 bridgehead atoms. The number of sulfonamides is 1. The predicted octanol–water partition coefficient (Wildman–Crippen LogP) is 2.37. The molecule has 0 saturated heterocycles. The Morgan fingerprint density at radius 2 is 1.89 bits per heavy atom. The average Bonchev–Trinajstić information content (AvgIpc) is 2.28. The van der Waals surface area contributed by atoms with E-state index >= 15 is 0 Å². The zero-order valence-electron chi connectivity index (χ0n) is 11.2. The molecule has 0 amide bonds. The van der Waals surface area contributed by atoms with Crippen molar-refractivity contribution >= 4 is 15.7 Å². The van der Waals surface area contributed by atoms with Crippen LogP contribution < -0.4 is 10.5 Å². The van der Waals surface area contributed by atoms with E-state index in [-0.39, 0.29) is 16.6 Å². The number of nitrogen functional groups attached to an aromatic ring is 1. The van der Waals surface area contributed by atoms with Gasteiger partial charge in [0, 0.05) is 6.04 Å². The second kappa shape index (κ2) is 6.20. The summed E-state index contributed by atoms with van der Waals surface area (Å²) in [5.74, 6) is 0.496. The minimum absolute atomic E-state index is 0.0930. The molecule has 0 radical (unpaired) electrons. The molecule has 2 unspecified atom stereocenters. The SMILES string of the molecule is CCC(C)CC(C)NS(=O)(=O)c1ccccc1N. The number of benzene rings is 1. The van der Waals surface area contributed by atoms with Crippen molar-refractivity contribution in [2.45, 2.75) is 44.6 Å². The van der Waals surface area contributed by atoms with Crippen molar-refractivity contribution in [3.63, 3.8) is 0 Å². The predicted molar refractivity (Wildman–Crippen MR) is 74.7 cm³/mol. The average molecular weight is 270 g/mol. The Balaban J connectivity index is 2.80. The highest BCUT2D eigenvalue weighted by Gasteiger charge is 2.20. The fourth-order valence-electron chi connectivity index (χ4n) is 1.87. The monoisotopic (exact) mass is 270 g/mol. The van der Waals surface area contributed by atoms with E-state index in [1.807, 2.05) is 6.92 Å². The third kappa shape index (κ3) is 3.99. The van der Waals surface area contributed by atoms with Crippen LogP contribution >= 0.6 is 0 Å². The highest BCUT2D eigenvalue weighted by atomic mass is 32.2. The van der Waals surface area contributed by atoms with Gasteiger partial charge in [-0.3, -0.25) is 0 Å². The first-order valence-electron chi connectivity index (χ1n) is 6.23. The minimum Gasteiger partial charge on any atom is -0.398 e. The molecular formula is C13H22N2O2S. The van der Waals surface area contributed by atoms with Gasteiger partial charge in [-0.1, -0.05) is 32.4 Å². The van der Waals surface area contributed by atoms with Gasteiger partial charge < -0.3 is 5.73 Å². The molecule has 0 saturated carbocycles.